The summed E-state index contributed by atoms with van der Waals surface area (Å²) in [7, 11) is -26.1. The predicted octanol–water partition coefficient (Wildman–Crippen LogP) is -15.3. The van der Waals surface area contributed by atoms with Crippen molar-refractivity contribution in [3.05, 3.63) is 83.9 Å². The first kappa shape index (κ1) is 81.2. The van der Waals surface area contributed by atoms with Crippen molar-refractivity contribution in [2.24, 2.45) is 0 Å². The third-order valence-electron chi connectivity index (χ3n) is 10.3. The third-order valence-corrected chi connectivity index (χ3v) is 15.3. The molecule has 0 aliphatic heterocycles. The van der Waals surface area contributed by atoms with E-state index < -0.39 is 98.3 Å². The standard InChI is InChI=1S/C40H44N12O18S6.6Na/c1-5-51(6-2)39-47-35(45-37(49-39)43-29-21-27(72(54,55)56)15-17-32(29)74(60,61)62)41-25-13-11-23(31(19-25)71-70-69-53)9-10-24-12-14-26(20-34(24)76(66,67)68)42-36-46-38(50-40(48-36)52(7-3)8-4)44-30-22-28(73(57,58)59)16-18-33(30)75(63,64)65;;;;;;/h9-22,53H,5-8H2,1-4H3,(H,54,55,56)(H,57,58,59)(H,60,61,62)(H,63,64,65)(H,66,67,68)(H2,41,43,45,47,49)(H2,42,44,46,48,50);;;;;;/q;6*+1/p-6/b10-9+;;;;;;. The molecule has 82 heavy (non-hydrogen) atoms. The number of anilines is 10. The number of aromatic nitrogens is 6. The minimum atomic E-state index is -5.28. The summed E-state index contributed by atoms with van der Waals surface area (Å²) >= 11 is 0.395. The third kappa shape index (κ3) is 22.7. The van der Waals surface area contributed by atoms with E-state index in [1.165, 1.54) is 42.5 Å². The Labute approximate surface area is 609 Å². The van der Waals surface area contributed by atoms with Crippen LogP contribution in [0.5, 0.6) is 0 Å². The van der Waals surface area contributed by atoms with E-state index >= 15 is 0 Å². The maximum atomic E-state index is 12.7. The van der Waals surface area contributed by atoms with E-state index in [9.17, 15) is 70.1 Å². The largest absolute Gasteiger partial charge is 1.00 e. The maximum absolute atomic E-state index is 12.7. The summed E-state index contributed by atoms with van der Waals surface area (Å²) in [6, 6.07) is 11.5. The van der Waals surface area contributed by atoms with E-state index in [1.807, 2.05) is 0 Å². The van der Waals surface area contributed by atoms with Crippen molar-refractivity contribution in [3.8, 4) is 0 Å². The zero-order valence-corrected chi connectivity index (χ0v) is 62.2. The second-order valence-electron chi connectivity index (χ2n) is 15.1. The Balaban J connectivity index is 0.0000109. The molecule has 0 amide bonds. The Hall–Kier alpha value is -0.780. The fraction of sp³-hybridized carbons (Fsp3) is 0.200. The van der Waals surface area contributed by atoms with Crippen molar-refractivity contribution in [1.29, 1.82) is 0 Å². The van der Waals surface area contributed by atoms with Crippen LogP contribution in [-0.2, 0) is 60.0 Å². The molecule has 0 bridgehead atoms. The molecule has 0 aliphatic rings. The van der Waals surface area contributed by atoms with E-state index in [0.717, 1.165) is 6.07 Å². The van der Waals surface area contributed by atoms with Crippen molar-refractivity contribution in [2.75, 3.05) is 57.2 Å². The molecule has 0 radical (unpaired) electrons. The van der Waals surface area contributed by atoms with Crippen LogP contribution < -0.4 is 214 Å². The number of hydrogen-bond donors (Lipinski definition) is 4. The molecule has 0 saturated heterocycles. The first-order valence-corrected chi connectivity index (χ1v) is 29.1. The first-order chi connectivity index (χ1) is 35.5. The Kier molecular flexibility index (Phi) is 34.5. The van der Waals surface area contributed by atoms with E-state index in [2.05, 4.69) is 60.5 Å². The number of nitrogens with one attached hydrogen (secondary N) is 4. The predicted molar refractivity (Wildman–Crippen MR) is 262 cm³/mol. The number of rotatable bonds is 24. The molecule has 0 unspecified atom stereocenters. The molecule has 0 aliphatic carbocycles. The Morgan fingerprint density at radius 3 is 1.16 bits per heavy atom. The van der Waals surface area contributed by atoms with Gasteiger partial charge in [-0.05, 0) is 99.5 Å². The minimum Gasteiger partial charge on any atom is -0.744 e. The van der Waals surface area contributed by atoms with Gasteiger partial charge < -0.3 is 59.1 Å². The summed E-state index contributed by atoms with van der Waals surface area (Å²) in [6.45, 7) is 8.27. The summed E-state index contributed by atoms with van der Waals surface area (Å²) in [5.74, 6) is -1.51. The van der Waals surface area contributed by atoms with Gasteiger partial charge in [-0.25, -0.2) is 42.1 Å². The molecule has 0 spiro atoms. The van der Waals surface area contributed by atoms with Crippen molar-refractivity contribution < 1.29 is 257 Å². The molecule has 0 fully saturated rings. The van der Waals surface area contributed by atoms with E-state index in [-0.39, 0.29) is 229 Å². The van der Waals surface area contributed by atoms with Gasteiger partial charge in [0.25, 0.3) is 0 Å². The smallest absolute Gasteiger partial charge is 0.744 e. The summed E-state index contributed by atoms with van der Waals surface area (Å²) < 4.78 is 186. The summed E-state index contributed by atoms with van der Waals surface area (Å²) in [5, 5.41) is 25.0. The van der Waals surface area contributed by atoms with Crippen LogP contribution >= 0.6 is 12.0 Å². The zero-order chi connectivity index (χ0) is 56.0. The van der Waals surface area contributed by atoms with Crippen LogP contribution in [-0.4, -0.2) is 121 Å². The number of hydrogen-bond acceptors (Lipinski definition) is 31. The summed E-state index contributed by atoms with van der Waals surface area (Å²) in [4.78, 5) is 24.5. The molecular weight excluding hydrogens is 1270 g/mol. The molecule has 0 atom stereocenters. The average molecular weight is 1310 g/mol. The van der Waals surface area contributed by atoms with Crippen molar-refractivity contribution in [1.82, 2.24) is 29.9 Å². The van der Waals surface area contributed by atoms with Crippen molar-refractivity contribution in [3.63, 3.8) is 0 Å². The van der Waals surface area contributed by atoms with Crippen LogP contribution in [0, 0.1) is 0 Å². The molecule has 30 nitrogen and oxygen atoms in total. The topological polar surface area (TPSA) is 459 Å². The monoisotopic (exact) mass is 1300 g/mol. The summed E-state index contributed by atoms with van der Waals surface area (Å²) in [5.41, 5.74) is -1.17. The fourth-order valence-corrected chi connectivity index (χ4v) is 10.2. The van der Waals surface area contributed by atoms with Crippen molar-refractivity contribution in [2.45, 2.75) is 57.1 Å². The molecule has 4 N–H and O–H groups in total. The van der Waals surface area contributed by atoms with Gasteiger partial charge in [-0.3, -0.25) is 5.04 Å². The van der Waals surface area contributed by atoms with Gasteiger partial charge in [0, 0.05) is 42.4 Å². The fourth-order valence-electron chi connectivity index (χ4n) is 6.73. The number of nitrogens with zero attached hydrogens (tertiary/aromatic N) is 8. The van der Waals surface area contributed by atoms with Gasteiger partial charge in [0.1, 0.15) is 50.6 Å². The second kappa shape index (κ2) is 34.8. The van der Waals surface area contributed by atoms with Gasteiger partial charge in [0.15, 0.2) is 0 Å². The molecule has 4 aromatic carbocycles. The van der Waals surface area contributed by atoms with E-state index in [4.69, 9.17) is 0 Å². The molecule has 6 aromatic rings. The van der Waals surface area contributed by atoms with Gasteiger partial charge in [-0.2, -0.15) is 34.2 Å². The molecular formula is C40H38N12Na6O18S6. The molecule has 6 rings (SSSR count). The Morgan fingerprint density at radius 1 is 0.451 bits per heavy atom. The normalized spacial score (nSPS) is 11.5. The van der Waals surface area contributed by atoms with Crippen LogP contribution in [0.4, 0.5) is 58.4 Å². The Morgan fingerprint density at radius 2 is 0.805 bits per heavy atom. The Bertz CT molecular complexity index is 3810. The molecule has 2 heterocycles. The van der Waals surface area contributed by atoms with E-state index in [1.54, 1.807) is 37.5 Å². The van der Waals surface area contributed by atoms with Crippen molar-refractivity contribution >= 4 is 133 Å². The van der Waals surface area contributed by atoms with Crippen LogP contribution in [0.2, 0.25) is 0 Å². The van der Waals surface area contributed by atoms with Gasteiger partial charge in [-0.1, -0.05) is 24.3 Å². The summed E-state index contributed by atoms with van der Waals surface area (Å²) in [6.07, 6.45) is 2.56. The molecule has 0 saturated carbocycles. The zero-order valence-electron chi connectivity index (χ0n) is 45.3. The second-order valence-corrected chi connectivity index (χ2v) is 22.6. The molecule has 2 aromatic heterocycles. The quantitative estimate of drug-likeness (QED) is 0.0109. The van der Waals surface area contributed by atoms with Crippen LogP contribution in [0.3, 0.4) is 0 Å². The van der Waals surface area contributed by atoms with Gasteiger partial charge in [0.2, 0.25) is 35.7 Å². The van der Waals surface area contributed by atoms with Gasteiger partial charge in [0.05, 0.1) is 47.9 Å². The maximum Gasteiger partial charge on any atom is 1.00 e. The SMILES string of the molecule is CCN(CC)c1nc(Nc2ccc(/C=C/c3ccc(Nc4nc(Nc5cc(S(=O)(=O)[O-])ccc5S(=O)(=O)[O-])nc(N(CC)CC)n4)cc3S(=O)(=O)[O-])c(SOO[O-])c2)nc(Nc2cc(S(=O)(=O)[O-])ccc2S(=O)(=O)[O-])n1.[Na+].[Na+].[Na+].[Na+].[Na+].[Na+]. The molecule has 42 heteroatoms. The van der Waals surface area contributed by atoms with Crippen LogP contribution in [0.15, 0.2) is 102 Å². The van der Waals surface area contributed by atoms with Crippen LogP contribution in [0.25, 0.3) is 12.2 Å². The van der Waals surface area contributed by atoms with Crippen LogP contribution in [0.1, 0.15) is 38.8 Å². The van der Waals surface area contributed by atoms with E-state index in [0.29, 0.717) is 74.6 Å². The van der Waals surface area contributed by atoms with Gasteiger partial charge in [-0.15, -0.1) is 0 Å². The average Bonchev–Trinajstić information content (AvgIpc) is 3.32. The number of benzene rings is 4. The minimum absolute atomic E-state index is 0. The molecule has 408 valence electrons. The van der Waals surface area contributed by atoms with Gasteiger partial charge >= 0.3 is 177 Å². The first-order valence-electron chi connectivity index (χ1n) is 21.3.